The zero-order valence-electron chi connectivity index (χ0n) is 23.6. The second-order valence-electron chi connectivity index (χ2n) is 9.97. The highest BCUT2D eigenvalue weighted by atomic mass is 16.5. The Morgan fingerprint density at radius 1 is 0.756 bits per heavy atom. The van der Waals surface area contributed by atoms with Gasteiger partial charge in [-0.25, -0.2) is 0 Å². The summed E-state index contributed by atoms with van der Waals surface area (Å²) >= 11 is 0. The molecule has 4 atom stereocenters. The van der Waals surface area contributed by atoms with Crippen LogP contribution in [0.1, 0.15) is 24.8 Å². The van der Waals surface area contributed by atoms with E-state index in [0.717, 1.165) is 0 Å². The van der Waals surface area contributed by atoms with Crippen molar-refractivity contribution in [1.82, 2.24) is 0 Å². The number of amides is 2. The van der Waals surface area contributed by atoms with E-state index in [-0.39, 0.29) is 0 Å². The summed E-state index contributed by atoms with van der Waals surface area (Å²) < 4.78 is 21.6. The fraction of sp³-hybridized carbons (Fsp3) is 0.323. The molecule has 1 aliphatic carbocycles. The van der Waals surface area contributed by atoms with Gasteiger partial charge in [0.1, 0.15) is 23.2 Å². The lowest BCUT2D eigenvalue weighted by atomic mass is 9.61. The number of carbonyl (C=O) groups excluding carboxylic acids is 3. The maximum atomic E-state index is 14.0. The number of ketones is 1. The van der Waals surface area contributed by atoms with Gasteiger partial charge in [0, 0.05) is 12.3 Å². The molecule has 3 N–H and O–H groups in total. The molecule has 216 valence electrons. The first kappa shape index (κ1) is 29.4. The number of nitrogens with one attached hydrogen (secondary N) is 2. The average molecular weight is 563 g/mol. The molecule has 4 rings (SSSR count). The Hall–Kier alpha value is -4.57. The molecule has 0 aliphatic heterocycles. The van der Waals surface area contributed by atoms with E-state index in [1.54, 1.807) is 66.7 Å². The van der Waals surface area contributed by atoms with Crippen LogP contribution in [0.5, 0.6) is 23.0 Å². The zero-order valence-corrected chi connectivity index (χ0v) is 23.6. The van der Waals surface area contributed by atoms with Crippen molar-refractivity contribution in [2.45, 2.75) is 24.9 Å². The molecule has 0 heterocycles. The number of anilines is 2. The van der Waals surface area contributed by atoms with E-state index in [0.29, 0.717) is 39.9 Å². The average Bonchev–Trinajstić information content (AvgIpc) is 2.96. The van der Waals surface area contributed by atoms with Crippen LogP contribution < -0.4 is 29.6 Å². The summed E-state index contributed by atoms with van der Waals surface area (Å²) in [4.78, 5) is 41.5. The minimum atomic E-state index is -1.79. The highest BCUT2D eigenvalue weighted by Gasteiger charge is 2.56. The van der Waals surface area contributed by atoms with E-state index in [2.05, 4.69) is 10.6 Å². The van der Waals surface area contributed by atoms with Gasteiger partial charge in [-0.1, -0.05) is 30.3 Å². The first-order valence-electron chi connectivity index (χ1n) is 13.0. The monoisotopic (exact) mass is 562 g/mol. The van der Waals surface area contributed by atoms with Gasteiger partial charge in [-0.3, -0.25) is 14.4 Å². The van der Waals surface area contributed by atoms with Crippen LogP contribution in [-0.4, -0.2) is 56.7 Å². The molecule has 1 saturated carbocycles. The van der Waals surface area contributed by atoms with Gasteiger partial charge >= 0.3 is 0 Å². The van der Waals surface area contributed by atoms with Crippen LogP contribution in [0, 0.1) is 11.8 Å². The maximum Gasteiger partial charge on any atom is 0.235 e. The third-order valence-corrected chi connectivity index (χ3v) is 7.35. The number of benzene rings is 3. The maximum absolute atomic E-state index is 14.0. The summed E-state index contributed by atoms with van der Waals surface area (Å²) in [7, 11) is 5.89. The van der Waals surface area contributed by atoms with Crippen molar-refractivity contribution in [2.24, 2.45) is 11.8 Å². The molecular weight excluding hydrogens is 528 g/mol. The van der Waals surface area contributed by atoms with E-state index >= 15 is 0 Å². The highest BCUT2D eigenvalue weighted by molar-refractivity contribution is 6.11. The van der Waals surface area contributed by atoms with Crippen molar-refractivity contribution in [3.8, 4) is 23.0 Å². The van der Waals surface area contributed by atoms with Crippen molar-refractivity contribution in [2.75, 3.05) is 39.1 Å². The molecule has 3 aromatic carbocycles. The van der Waals surface area contributed by atoms with E-state index in [1.807, 2.05) is 0 Å². The lowest BCUT2D eigenvalue weighted by Crippen LogP contribution is -2.56. The Kier molecular flexibility index (Phi) is 8.83. The van der Waals surface area contributed by atoms with Gasteiger partial charge in [-0.05, 0) is 48.9 Å². The van der Waals surface area contributed by atoms with Gasteiger partial charge in [-0.2, -0.15) is 0 Å². The van der Waals surface area contributed by atoms with E-state index < -0.39 is 47.4 Å². The van der Waals surface area contributed by atoms with Gasteiger partial charge in [0.2, 0.25) is 11.8 Å². The van der Waals surface area contributed by atoms with E-state index in [4.69, 9.17) is 18.9 Å². The van der Waals surface area contributed by atoms with Crippen LogP contribution in [0.15, 0.2) is 66.7 Å². The van der Waals surface area contributed by atoms with Gasteiger partial charge < -0.3 is 34.7 Å². The van der Waals surface area contributed by atoms with Crippen LogP contribution in [-0.2, 0) is 14.4 Å². The molecule has 2 amide bonds. The van der Waals surface area contributed by atoms with Crippen molar-refractivity contribution >= 4 is 29.0 Å². The predicted octanol–water partition coefficient (Wildman–Crippen LogP) is 4.04. The normalized spacial score (nSPS) is 21.9. The summed E-state index contributed by atoms with van der Waals surface area (Å²) in [6, 6.07) is 18.6. The smallest absolute Gasteiger partial charge is 0.235 e. The number of hydrogen-bond acceptors (Lipinski definition) is 8. The van der Waals surface area contributed by atoms with Crippen LogP contribution in [0.4, 0.5) is 11.4 Å². The molecule has 3 aromatic rings. The van der Waals surface area contributed by atoms with E-state index in [1.165, 1.54) is 35.4 Å². The zero-order chi connectivity index (χ0) is 29.7. The number of Topliss-reactive ketones (excluding diaryl/α,β-unsaturated/α-hetero) is 1. The third-order valence-electron chi connectivity index (χ3n) is 7.35. The fourth-order valence-corrected chi connectivity index (χ4v) is 5.47. The second-order valence-corrected chi connectivity index (χ2v) is 9.97. The third kappa shape index (κ3) is 5.97. The number of aliphatic hydroxyl groups is 1. The summed E-state index contributed by atoms with van der Waals surface area (Å²) in [5, 5.41) is 17.2. The summed E-state index contributed by atoms with van der Waals surface area (Å²) in [5.74, 6) is -3.76. The minimum Gasteiger partial charge on any atom is -0.495 e. The van der Waals surface area contributed by atoms with E-state index in [9.17, 15) is 19.5 Å². The number of ether oxygens (including phenoxy) is 4. The first-order chi connectivity index (χ1) is 19.6. The second kappa shape index (κ2) is 12.3. The lowest BCUT2D eigenvalue weighted by molar-refractivity contribution is -0.150. The Bertz CT molecular complexity index is 1440. The van der Waals surface area contributed by atoms with Crippen LogP contribution >= 0.6 is 0 Å². The van der Waals surface area contributed by atoms with Crippen molar-refractivity contribution < 1.29 is 38.4 Å². The molecule has 10 heteroatoms. The molecule has 0 bridgehead atoms. The molecule has 0 saturated heterocycles. The highest BCUT2D eigenvalue weighted by Crippen LogP contribution is 2.48. The summed E-state index contributed by atoms with van der Waals surface area (Å²) in [6.45, 7) is 1.43. The minimum absolute atomic E-state index is 0.343. The largest absolute Gasteiger partial charge is 0.495 e. The standard InChI is InChI=1S/C31H34N2O8/c1-31(37)17-21(34)27(29(35)32-19-10-6-8-12-22(19)38-2)26(18-14-15-24(40-4)25(16-18)41-5)28(31)30(36)33-20-11-7-9-13-23(20)39-3/h6-16,26-28,37H,17H2,1-5H3,(H,32,35)(H,33,36). The Morgan fingerprint density at radius 2 is 1.27 bits per heavy atom. The van der Waals surface area contributed by atoms with Gasteiger partial charge in [-0.15, -0.1) is 0 Å². The molecule has 1 aliphatic rings. The number of hydrogen-bond donors (Lipinski definition) is 3. The number of methoxy groups -OCH3 is 4. The molecule has 0 radical (unpaired) electrons. The van der Waals surface area contributed by atoms with Gasteiger partial charge in [0.05, 0.1) is 51.3 Å². The molecule has 1 fully saturated rings. The molecular formula is C31H34N2O8. The Labute approximate surface area is 238 Å². The summed E-state index contributed by atoms with van der Waals surface area (Å²) in [5.41, 5.74) is -0.598. The molecule has 0 spiro atoms. The van der Waals surface area contributed by atoms with Crippen molar-refractivity contribution in [3.63, 3.8) is 0 Å². The number of carbonyl (C=O) groups is 3. The lowest BCUT2D eigenvalue weighted by Gasteiger charge is -2.44. The van der Waals surface area contributed by atoms with Crippen LogP contribution in [0.3, 0.4) is 0 Å². The topological polar surface area (TPSA) is 132 Å². The van der Waals surface area contributed by atoms with Gasteiger partial charge in [0.15, 0.2) is 11.5 Å². The quantitative estimate of drug-likeness (QED) is 0.333. The molecule has 4 unspecified atom stereocenters. The summed E-state index contributed by atoms with van der Waals surface area (Å²) in [6.07, 6.45) is -0.412. The molecule has 41 heavy (non-hydrogen) atoms. The first-order valence-corrected chi connectivity index (χ1v) is 13.0. The number of para-hydroxylation sites is 4. The van der Waals surface area contributed by atoms with Gasteiger partial charge in [0.25, 0.3) is 0 Å². The molecule has 10 nitrogen and oxygen atoms in total. The predicted molar refractivity (Wildman–Crippen MR) is 153 cm³/mol. The SMILES string of the molecule is COc1ccccc1NC(=O)C1C(=O)CC(C)(O)C(C(=O)Nc2ccccc2OC)C1c1ccc(OC)c(OC)c1. The molecule has 0 aromatic heterocycles. The van der Waals surface area contributed by atoms with Crippen LogP contribution in [0.2, 0.25) is 0 Å². The van der Waals surface area contributed by atoms with Crippen molar-refractivity contribution in [1.29, 1.82) is 0 Å². The van der Waals surface area contributed by atoms with Crippen LogP contribution in [0.25, 0.3) is 0 Å². The Balaban J connectivity index is 1.84. The number of rotatable bonds is 9. The Morgan fingerprint density at radius 3 is 1.80 bits per heavy atom. The fourth-order valence-electron chi connectivity index (χ4n) is 5.47. The van der Waals surface area contributed by atoms with Crippen molar-refractivity contribution in [3.05, 3.63) is 72.3 Å².